The van der Waals surface area contributed by atoms with Crippen molar-refractivity contribution in [1.82, 2.24) is 0 Å². The molecular weight excluding hydrogens is 216 g/mol. The monoisotopic (exact) mass is 234 g/mol. The van der Waals surface area contributed by atoms with E-state index in [0.29, 0.717) is 23.5 Å². The first-order chi connectivity index (χ1) is 8.13. The maximum absolute atomic E-state index is 12.2. The largest absolute Gasteiger partial charge is 0.496 e. The van der Waals surface area contributed by atoms with Crippen LogP contribution in [0.1, 0.15) is 30.1 Å². The molecule has 1 aromatic carbocycles. The van der Waals surface area contributed by atoms with Gasteiger partial charge < -0.3 is 9.47 Å². The van der Waals surface area contributed by atoms with Gasteiger partial charge in [0, 0.05) is 6.42 Å². The molecule has 0 amide bonds. The Bertz CT molecular complexity index is 399. The zero-order chi connectivity index (χ0) is 12.8. The Labute approximate surface area is 102 Å². The summed E-state index contributed by atoms with van der Waals surface area (Å²) in [6.07, 6.45) is 1.12. The molecule has 1 rings (SSSR count). The van der Waals surface area contributed by atoms with E-state index in [2.05, 4.69) is 6.58 Å². The lowest BCUT2D eigenvalue weighted by Gasteiger charge is -2.12. The minimum Gasteiger partial charge on any atom is -0.496 e. The third-order valence-electron chi connectivity index (χ3n) is 2.62. The summed E-state index contributed by atoms with van der Waals surface area (Å²) in [5.41, 5.74) is 1.40. The summed E-state index contributed by atoms with van der Waals surface area (Å²) in [7, 11) is 3.08. The van der Waals surface area contributed by atoms with Crippen LogP contribution in [-0.4, -0.2) is 20.0 Å². The van der Waals surface area contributed by atoms with Crippen molar-refractivity contribution in [3.8, 4) is 11.5 Å². The molecule has 1 aromatic rings. The molecule has 0 saturated carbocycles. The Morgan fingerprint density at radius 3 is 2.18 bits per heavy atom. The van der Waals surface area contributed by atoms with E-state index in [9.17, 15) is 4.79 Å². The number of allylic oxidation sites excluding steroid dienone is 1. The lowest BCUT2D eigenvalue weighted by Crippen LogP contribution is -2.05. The van der Waals surface area contributed by atoms with E-state index in [1.165, 1.54) is 0 Å². The Morgan fingerprint density at radius 2 is 1.76 bits per heavy atom. The standard InChI is InChI=1S/C14H18O3/c1-5-10(2)9-11(15)14-12(16-3)7-6-8-13(14)17-4/h6-8H,2,5,9H2,1,3-4H3. The van der Waals surface area contributed by atoms with Gasteiger partial charge in [0.05, 0.1) is 14.2 Å². The minimum absolute atomic E-state index is 0.0221. The van der Waals surface area contributed by atoms with Crippen LogP contribution in [0.4, 0.5) is 0 Å². The molecule has 0 bridgehead atoms. The Morgan fingerprint density at radius 1 is 1.24 bits per heavy atom. The second-order valence-corrected chi connectivity index (χ2v) is 3.74. The summed E-state index contributed by atoms with van der Waals surface area (Å²) in [5, 5.41) is 0. The van der Waals surface area contributed by atoms with Crippen molar-refractivity contribution < 1.29 is 14.3 Å². The topological polar surface area (TPSA) is 35.5 Å². The zero-order valence-corrected chi connectivity index (χ0v) is 10.6. The molecule has 0 fully saturated rings. The van der Waals surface area contributed by atoms with E-state index in [1.54, 1.807) is 32.4 Å². The van der Waals surface area contributed by atoms with Crippen molar-refractivity contribution in [2.45, 2.75) is 19.8 Å². The van der Waals surface area contributed by atoms with Gasteiger partial charge in [-0.2, -0.15) is 0 Å². The lowest BCUT2D eigenvalue weighted by atomic mass is 10.0. The molecule has 0 N–H and O–H groups in total. The Balaban J connectivity index is 3.09. The predicted octanol–water partition coefficient (Wildman–Crippen LogP) is 3.24. The highest BCUT2D eigenvalue weighted by molar-refractivity contribution is 6.02. The molecule has 0 aliphatic heterocycles. The number of carbonyl (C=O) groups is 1. The van der Waals surface area contributed by atoms with Crippen LogP contribution < -0.4 is 9.47 Å². The van der Waals surface area contributed by atoms with E-state index < -0.39 is 0 Å². The van der Waals surface area contributed by atoms with Crippen molar-refractivity contribution in [2.75, 3.05) is 14.2 Å². The van der Waals surface area contributed by atoms with Crippen molar-refractivity contribution in [2.24, 2.45) is 0 Å². The van der Waals surface area contributed by atoms with E-state index >= 15 is 0 Å². The molecule has 0 radical (unpaired) electrons. The summed E-state index contributed by atoms with van der Waals surface area (Å²) in [4.78, 5) is 12.2. The van der Waals surface area contributed by atoms with Gasteiger partial charge in [0.25, 0.3) is 0 Å². The first-order valence-corrected chi connectivity index (χ1v) is 5.54. The molecule has 17 heavy (non-hydrogen) atoms. The highest BCUT2D eigenvalue weighted by atomic mass is 16.5. The van der Waals surface area contributed by atoms with Gasteiger partial charge >= 0.3 is 0 Å². The van der Waals surface area contributed by atoms with Crippen LogP contribution in [0.2, 0.25) is 0 Å². The molecule has 0 atom stereocenters. The van der Waals surface area contributed by atoms with Crippen LogP contribution in [-0.2, 0) is 0 Å². The summed E-state index contributed by atoms with van der Waals surface area (Å²) < 4.78 is 10.4. The normalized spacial score (nSPS) is 9.82. The predicted molar refractivity (Wildman–Crippen MR) is 67.9 cm³/mol. The smallest absolute Gasteiger partial charge is 0.174 e. The molecule has 3 nitrogen and oxygen atoms in total. The molecule has 0 unspecified atom stereocenters. The van der Waals surface area contributed by atoms with Crippen LogP contribution >= 0.6 is 0 Å². The van der Waals surface area contributed by atoms with Crippen molar-refractivity contribution in [1.29, 1.82) is 0 Å². The molecule has 0 aliphatic carbocycles. The first kappa shape index (κ1) is 13.3. The van der Waals surface area contributed by atoms with Crippen molar-refractivity contribution >= 4 is 5.78 Å². The number of ketones is 1. The highest BCUT2D eigenvalue weighted by Gasteiger charge is 2.18. The van der Waals surface area contributed by atoms with Gasteiger partial charge in [-0.1, -0.05) is 25.1 Å². The fourth-order valence-corrected chi connectivity index (χ4v) is 1.57. The molecular formula is C14H18O3. The molecule has 0 saturated heterocycles. The van der Waals surface area contributed by atoms with Crippen LogP contribution in [0.5, 0.6) is 11.5 Å². The molecule has 92 valence electrons. The average Bonchev–Trinajstić information content (AvgIpc) is 2.37. The maximum Gasteiger partial charge on any atom is 0.174 e. The van der Waals surface area contributed by atoms with Crippen molar-refractivity contribution in [3.05, 3.63) is 35.9 Å². The number of hydrogen-bond donors (Lipinski definition) is 0. The zero-order valence-electron chi connectivity index (χ0n) is 10.6. The fraction of sp³-hybridized carbons (Fsp3) is 0.357. The maximum atomic E-state index is 12.2. The van der Waals surface area contributed by atoms with Gasteiger partial charge in [0.1, 0.15) is 17.1 Å². The lowest BCUT2D eigenvalue weighted by molar-refractivity contribution is 0.0986. The summed E-state index contributed by atoms with van der Waals surface area (Å²) in [6, 6.07) is 5.30. The van der Waals surface area contributed by atoms with Crippen LogP contribution in [0.25, 0.3) is 0 Å². The second-order valence-electron chi connectivity index (χ2n) is 3.74. The van der Waals surface area contributed by atoms with Gasteiger partial charge in [-0.05, 0) is 18.6 Å². The molecule has 0 aliphatic rings. The first-order valence-electron chi connectivity index (χ1n) is 5.54. The van der Waals surface area contributed by atoms with Crippen LogP contribution in [0.3, 0.4) is 0 Å². The third-order valence-corrected chi connectivity index (χ3v) is 2.62. The highest BCUT2D eigenvalue weighted by Crippen LogP contribution is 2.30. The van der Waals surface area contributed by atoms with Gasteiger partial charge in [-0.15, -0.1) is 0 Å². The molecule has 0 spiro atoms. The van der Waals surface area contributed by atoms with Crippen molar-refractivity contribution in [3.63, 3.8) is 0 Å². The van der Waals surface area contributed by atoms with E-state index in [-0.39, 0.29) is 5.78 Å². The summed E-state index contributed by atoms with van der Waals surface area (Å²) in [6.45, 7) is 5.83. The number of hydrogen-bond acceptors (Lipinski definition) is 3. The summed E-state index contributed by atoms with van der Waals surface area (Å²) in [5.74, 6) is 1.06. The number of benzene rings is 1. The Kier molecular flexibility index (Phi) is 4.76. The molecule has 0 aromatic heterocycles. The van der Waals surface area contributed by atoms with Gasteiger partial charge in [0.15, 0.2) is 5.78 Å². The quantitative estimate of drug-likeness (QED) is 0.560. The van der Waals surface area contributed by atoms with E-state index in [1.807, 2.05) is 6.92 Å². The number of rotatable bonds is 6. The molecule has 3 heteroatoms. The van der Waals surface area contributed by atoms with Crippen LogP contribution in [0.15, 0.2) is 30.4 Å². The van der Waals surface area contributed by atoms with Gasteiger partial charge in [-0.25, -0.2) is 0 Å². The van der Waals surface area contributed by atoms with Gasteiger partial charge in [-0.3, -0.25) is 4.79 Å². The second kappa shape index (κ2) is 6.09. The number of Topliss-reactive ketones (excluding diaryl/α,β-unsaturated/α-hetero) is 1. The number of ether oxygens (including phenoxy) is 2. The minimum atomic E-state index is -0.0221. The van der Waals surface area contributed by atoms with E-state index in [0.717, 1.165) is 12.0 Å². The number of carbonyl (C=O) groups excluding carboxylic acids is 1. The summed E-state index contributed by atoms with van der Waals surface area (Å²) >= 11 is 0. The molecule has 0 heterocycles. The SMILES string of the molecule is C=C(CC)CC(=O)c1c(OC)cccc1OC. The van der Waals surface area contributed by atoms with Crippen LogP contribution in [0, 0.1) is 0 Å². The van der Waals surface area contributed by atoms with E-state index in [4.69, 9.17) is 9.47 Å². The fourth-order valence-electron chi connectivity index (χ4n) is 1.57. The Hall–Kier alpha value is -1.77. The average molecular weight is 234 g/mol. The third kappa shape index (κ3) is 3.09. The van der Waals surface area contributed by atoms with Gasteiger partial charge in [0.2, 0.25) is 0 Å². The number of methoxy groups -OCH3 is 2.